The molecule has 0 aliphatic carbocycles. The van der Waals surface area contributed by atoms with Gasteiger partial charge in [0.2, 0.25) is 10.0 Å². The highest BCUT2D eigenvalue weighted by atomic mass is 32.2. The molecule has 1 amide bonds. The fourth-order valence-electron chi connectivity index (χ4n) is 2.80. The molecule has 3 rings (SSSR count). The number of benzene rings is 2. The normalized spacial score (nSPS) is 11.6. The van der Waals surface area contributed by atoms with Crippen LogP contribution in [0.2, 0.25) is 0 Å². The van der Waals surface area contributed by atoms with Crippen LogP contribution < -0.4 is 10.0 Å². The van der Waals surface area contributed by atoms with Crippen molar-refractivity contribution in [3.05, 3.63) is 65.9 Å². The van der Waals surface area contributed by atoms with E-state index in [4.69, 9.17) is 0 Å². The van der Waals surface area contributed by atoms with E-state index in [0.717, 1.165) is 16.5 Å². The summed E-state index contributed by atoms with van der Waals surface area (Å²) in [5.41, 5.74) is 2.59. The maximum Gasteiger partial charge on any atom is 0.251 e. The summed E-state index contributed by atoms with van der Waals surface area (Å²) in [5, 5.41) is 3.91. The summed E-state index contributed by atoms with van der Waals surface area (Å²) < 4.78 is 28.9. The molecule has 1 aromatic heterocycles. The highest BCUT2D eigenvalue weighted by Gasteiger charge is 2.13. The molecule has 2 aromatic carbocycles. The fraction of sp³-hybridized carbons (Fsp3) is 0.250. The highest BCUT2D eigenvalue weighted by molar-refractivity contribution is 7.89. The van der Waals surface area contributed by atoms with Gasteiger partial charge in [0.25, 0.3) is 5.91 Å². The van der Waals surface area contributed by atoms with Crippen molar-refractivity contribution in [2.75, 3.05) is 13.1 Å². The number of rotatable bonds is 7. The molecule has 27 heavy (non-hydrogen) atoms. The topological polar surface area (TPSA) is 80.2 Å². The maximum absolute atomic E-state index is 12.3. The van der Waals surface area contributed by atoms with Gasteiger partial charge >= 0.3 is 0 Å². The first-order valence-corrected chi connectivity index (χ1v) is 10.2. The number of nitrogens with zero attached hydrogens (tertiary/aromatic N) is 1. The zero-order valence-corrected chi connectivity index (χ0v) is 16.2. The molecule has 0 saturated carbocycles. The van der Waals surface area contributed by atoms with Crippen molar-refractivity contribution < 1.29 is 13.2 Å². The Bertz CT molecular complexity index is 1050. The Morgan fingerprint density at radius 1 is 1.04 bits per heavy atom. The molecule has 1 heterocycles. The zero-order chi connectivity index (χ0) is 19.4. The van der Waals surface area contributed by atoms with Crippen molar-refractivity contribution in [1.29, 1.82) is 0 Å². The zero-order valence-electron chi connectivity index (χ0n) is 15.4. The average molecular weight is 385 g/mol. The minimum absolute atomic E-state index is 0.167. The van der Waals surface area contributed by atoms with Crippen LogP contribution in [-0.2, 0) is 17.1 Å². The van der Waals surface area contributed by atoms with Crippen molar-refractivity contribution in [3.8, 4) is 0 Å². The Morgan fingerprint density at radius 3 is 2.52 bits per heavy atom. The first kappa shape index (κ1) is 19.1. The summed E-state index contributed by atoms with van der Waals surface area (Å²) in [7, 11) is -1.58. The first-order valence-electron chi connectivity index (χ1n) is 8.76. The average Bonchev–Trinajstić information content (AvgIpc) is 3.02. The van der Waals surface area contributed by atoms with Crippen LogP contribution in [0.3, 0.4) is 0 Å². The SMILES string of the molecule is Cc1ccc(S(=O)(=O)NCCCNC(=O)c2ccc3ccn(C)c3c2)cc1. The third-order valence-electron chi connectivity index (χ3n) is 4.41. The van der Waals surface area contributed by atoms with Crippen molar-refractivity contribution in [3.63, 3.8) is 0 Å². The van der Waals surface area contributed by atoms with E-state index in [-0.39, 0.29) is 17.3 Å². The fourth-order valence-corrected chi connectivity index (χ4v) is 3.88. The van der Waals surface area contributed by atoms with Gasteiger partial charge in [-0.2, -0.15) is 0 Å². The lowest BCUT2D eigenvalue weighted by molar-refractivity contribution is 0.0953. The third kappa shape index (κ3) is 4.56. The molecule has 0 fully saturated rings. The van der Waals surface area contributed by atoms with Gasteiger partial charge in [-0.1, -0.05) is 23.8 Å². The van der Waals surface area contributed by atoms with Crippen LogP contribution in [0.1, 0.15) is 22.3 Å². The number of carbonyl (C=O) groups excluding carboxylic acids is 1. The Hall–Kier alpha value is -2.64. The van der Waals surface area contributed by atoms with Crippen molar-refractivity contribution in [2.45, 2.75) is 18.2 Å². The van der Waals surface area contributed by atoms with Crippen molar-refractivity contribution in [1.82, 2.24) is 14.6 Å². The van der Waals surface area contributed by atoms with E-state index in [1.807, 2.05) is 42.9 Å². The molecule has 0 aliphatic rings. The molecule has 0 unspecified atom stereocenters. The maximum atomic E-state index is 12.3. The van der Waals surface area contributed by atoms with E-state index in [9.17, 15) is 13.2 Å². The van der Waals surface area contributed by atoms with Gasteiger partial charge < -0.3 is 9.88 Å². The molecule has 7 heteroatoms. The Balaban J connectivity index is 1.48. The summed E-state index contributed by atoms with van der Waals surface area (Å²) in [5.74, 6) is -0.167. The number of carbonyl (C=O) groups is 1. The molecule has 0 bridgehead atoms. The van der Waals surface area contributed by atoms with Crippen LogP contribution >= 0.6 is 0 Å². The molecule has 0 saturated heterocycles. The van der Waals surface area contributed by atoms with Crippen LogP contribution in [0, 0.1) is 6.92 Å². The predicted octanol–water partition coefficient (Wildman–Crippen LogP) is 2.59. The van der Waals surface area contributed by atoms with Gasteiger partial charge in [0.1, 0.15) is 0 Å². The van der Waals surface area contributed by atoms with Crippen LogP contribution in [0.4, 0.5) is 0 Å². The molecule has 142 valence electrons. The van der Waals surface area contributed by atoms with E-state index in [1.165, 1.54) is 0 Å². The number of hydrogen-bond acceptors (Lipinski definition) is 3. The van der Waals surface area contributed by atoms with Gasteiger partial charge in [0, 0.05) is 37.4 Å². The van der Waals surface area contributed by atoms with Gasteiger partial charge in [-0.15, -0.1) is 0 Å². The number of sulfonamides is 1. The summed E-state index contributed by atoms with van der Waals surface area (Å²) >= 11 is 0. The number of amides is 1. The van der Waals surface area contributed by atoms with Crippen LogP contribution in [0.15, 0.2) is 59.6 Å². The summed E-state index contributed by atoms with van der Waals surface area (Å²) in [4.78, 5) is 12.5. The second kappa shape index (κ2) is 7.94. The van der Waals surface area contributed by atoms with Crippen LogP contribution in [0.25, 0.3) is 10.9 Å². The highest BCUT2D eigenvalue weighted by Crippen LogP contribution is 2.16. The van der Waals surface area contributed by atoms with Gasteiger partial charge in [0.05, 0.1) is 4.90 Å². The molecular weight excluding hydrogens is 362 g/mol. The molecule has 0 aliphatic heterocycles. The predicted molar refractivity (Wildman–Crippen MR) is 106 cm³/mol. The van der Waals surface area contributed by atoms with Gasteiger partial charge in [-0.05, 0) is 49.1 Å². The number of nitrogens with one attached hydrogen (secondary N) is 2. The largest absolute Gasteiger partial charge is 0.352 e. The molecule has 0 radical (unpaired) electrons. The molecule has 0 spiro atoms. The van der Waals surface area contributed by atoms with E-state index in [0.29, 0.717) is 18.5 Å². The van der Waals surface area contributed by atoms with E-state index < -0.39 is 10.0 Å². The lowest BCUT2D eigenvalue weighted by Gasteiger charge is -2.08. The Morgan fingerprint density at radius 2 is 1.78 bits per heavy atom. The summed E-state index contributed by atoms with van der Waals surface area (Å²) in [6.07, 6.45) is 2.45. The lowest BCUT2D eigenvalue weighted by Crippen LogP contribution is -2.30. The molecule has 6 nitrogen and oxygen atoms in total. The number of aromatic nitrogens is 1. The molecule has 2 N–H and O–H groups in total. The van der Waals surface area contributed by atoms with Gasteiger partial charge in [-0.25, -0.2) is 13.1 Å². The van der Waals surface area contributed by atoms with Crippen molar-refractivity contribution >= 4 is 26.8 Å². The second-order valence-electron chi connectivity index (χ2n) is 6.52. The third-order valence-corrected chi connectivity index (χ3v) is 5.89. The summed E-state index contributed by atoms with van der Waals surface area (Å²) in [6.45, 7) is 2.55. The minimum Gasteiger partial charge on any atom is -0.352 e. The smallest absolute Gasteiger partial charge is 0.251 e. The number of hydrogen-bond donors (Lipinski definition) is 2. The molecular formula is C20H23N3O3S. The molecule has 3 aromatic rings. The van der Waals surface area contributed by atoms with Crippen LogP contribution in [-0.4, -0.2) is 32.0 Å². The van der Waals surface area contributed by atoms with Crippen LogP contribution in [0.5, 0.6) is 0 Å². The monoisotopic (exact) mass is 385 g/mol. The number of aryl methyl sites for hydroxylation is 2. The lowest BCUT2D eigenvalue weighted by atomic mass is 10.1. The number of fused-ring (bicyclic) bond motifs is 1. The first-order chi connectivity index (χ1) is 12.9. The van der Waals surface area contributed by atoms with E-state index >= 15 is 0 Å². The molecule has 0 atom stereocenters. The van der Waals surface area contributed by atoms with Crippen molar-refractivity contribution in [2.24, 2.45) is 7.05 Å². The van der Waals surface area contributed by atoms with E-state index in [1.54, 1.807) is 30.3 Å². The van der Waals surface area contributed by atoms with Gasteiger partial charge in [-0.3, -0.25) is 4.79 Å². The van der Waals surface area contributed by atoms with E-state index in [2.05, 4.69) is 10.0 Å². The minimum atomic E-state index is -3.52. The van der Waals surface area contributed by atoms with Gasteiger partial charge in [0.15, 0.2) is 0 Å². The summed E-state index contributed by atoms with van der Waals surface area (Å²) in [6, 6.07) is 14.2. The quantitative estimate of drug-likeness (QED) is 0.614. The standard InChI is InChI=1S/C20H23N3O3S/c1-15-4-8-18(9-5-15)27(25,26)22-12-3-11-21-20(24)17-7-6-16-10-13-23(2)19(16)14-17/h4-10,13-14,22H,3,11-12H2,1-2H3,(H,21,24). The second-order valence-corrected chi connectivity index (χ2v) is 8.29. The Labute approximate surface area is 159 Å². The Kier molecular flexibility index (Phi) is 5.62.